The third-order valence-corrected chi connectivity index (χ3v) is 3.25. The maximum Gasteiger partial charge on any atom is 0.241 e. The van der Waals surface area contributed by atoms with Gasteiger partial charge in [-0.05, 0) is 37.0 Å². The van der Waals surface area contributed by atoms with E-state index in [1.54, 1.807) is 7.11 Å². The van der Waals surface area contributed by atoms with Crippen LogP contribution in [0.5, 0.6) is 5.75 Å². The first kappa shape index (κ1) is 16.0. The molecule has 1 amide bonds. The summed E-state index contributed by atoms with van der Waals surface area (Å²) in [5.41, 5.74) is 7.48. The lowest BCUT2D eigenvalue weighted by molar-refractivity contribution is -0.117. The number of nitrogens with one attached hydrogen (secondary N) is 1. The van der Waals surface area contributed by atoms with Gasteiger partial charge in [-0.15, -0.1) is 0 Å². The molecule has 0 saturated heterocycles. The Morgan fingerprint density at radius 2 is 2.11 bits per heavy atom. The molecule has 19 heavy (non-hydrogen) atoms. The summed E-state index contributed by atoms with van der Waals surface area (Å²) in [6.07, 6.45) is 0.656. The van der Waals surface area contributed by atoms with Crippen molar-refractivity contribution in [3.8, 4) is 5.75 Å². The smallest absolute Gasteiger partial charge is 0.241 e. The van der Waals surface area contributed by atoms with Crippen molar-refractivity contribution in [2.75, 3.05) is 12.4 Å². The monoisotopic (exact) mass is 328 g/mol. The van der Waals surface area contributed by atoms with Crippen molar-refractivity contribution >= 4 is 27.5 Å². The standard InChI is InChI=1S/C14H21BrN2O2/c1-8(2)5-11(16)14(18)17-13-9(3)6-10(15)7-12(13)19-4/h6-8,11H,5,16H2,1-4H3,(H,17,18). The molecule has 0 saturated carbocycles. The van der Waals surface area contributed by atoms with Crippen LogP contribution >= 0.6 is 15.9 Å². The molecular weight excluding hydrogens is 308 g/mol. The topological polar surface area (TPSA) is 64.3 Å². The molecule has 0 radical (unpaired) electrons. The van der Waals surface area contributed by atoms with Gasteiger partial charge in [0.05, 0.1) is 18.8 Å². The number of carbonyl (C=O) groups is 1. The number of halogens is 1. The van der Waals surface area contributed by atoms with Crippen molar-refractivity contribution in [2.45, 2.75) is 33.2 Å². The molecule has 1 aromatic carbocycles. The number of rotatable bonds is 5. The van der Waals surface area contributed by atoms with Gasteiger partial charge < -0.3 is 15.8 Å². The van der Waals surface area contributed by atoms with E-state index in [9.17, 15) is 4.79 Å². The van der Waals surface area contributed by atoms with Crippen LogP contribution in [0.15, 0.2) is 16.6 Å². The molecule has 0 aromatic heterocycles. The van der Waals surface area contributed by atoms with Crippen molar-refractivity contribution < 1.29 is 9.53 Å². The first-order valence-corrected chi connectivity index (χ1v) is 7.05. The van der Waals surface area contributed by atoms with E-state index >= 15 is 0 Å². The molecule has 0 aliphatic rings. The second-order valence-corrected chi connectivity index (χ2v) is 5.94. The van der Waals surface area contributed by atoms with E-state index in [1.807, 2.05) is 32.9 Å². The minimum absolute atomic E-state index is 0.183. The van der Waals surface area contributed by atoms with Crippen molar-refractivity contribution in [1.82, 2.24) is 0 Å². The van der Waals surface area contributed by atoms with Crippen LogP contribution in [0, 0.1) is 12.8 Å². The largest absolute Gasteiger partial charge is 0.495 e. The molecule has 0 heterocycles. The number of amides is 1. The fourth-order valence-electron chi connectivity index (χ4n) is 1.86. The maximum absolute atomic E-state index is 12.0. The molecule has 0 aliphatic carbocycles. The molecule has 1 atom stereocenters. The second kappa shape index (κ2) is 6.91. The zero-order valence-electron chi connectivity index (χ0n) is 11.8. The van der Waals surface area contributed by atoms with Gasteiger partial charge in [-0.1, -0.05) is 29.8 Å². The van der Waals surface area contributed by atoms with E-state index in [-0.39, 0.29) is 5.91 Å². The Morgan fingerprint density at radius 3 is 2.63 bits per heavy atom. The Morgan fingerprint density at radius 1 is 1.47 bits per heavy atom. The van der Waals surface area contributed by atoms with Crippen molar-refractivity contribution in [1.29, 1.82) is 0 Å². The van der Waals surface area contributed by atoms with E-state index < -0.39 is 6.04 Å². The molecule has 0 fully saturated rings. The average Bonchev–Trinajstić information content (AvgIpc) is 2.30. The summed E-state index contributed by atoms with van der Waals surface area (Å²) >= 11 is 3.40. The summed E-state index contributed by atoms with van der Waals surface area (Å²) in [5, 5.41) is 2.85. The number of methoxy groups -OCH3 is 1. The number of benzene rings is 1. The Labute approximate surface area is 122 Å². The minimum Gasteiger partial charge on any atom is -0.495 e. The highest BCUT2D eigenvalue weighted by atomic mass is 79.9. The number of hydrogen-bond acceptors (Lipinski definition) is 3. The molecule has 106 valence electrons. The Balaban J connectivity index is 2.90. The van der Waals surface area contributed by atoms with Gasteiger partial charge in [-0.25, -0.2) is 0 Å². The van der Waals surface area contributed by atoms with Crippen LogP contribution in [-0.2, 0) is 4.79 Å². The van der Waals surface area contributed by atoms with Gasteiger partial charge in [0.1, 0.15) is 5.75 Å². The van der Waals surface area contributed by atoms with Crippen LogP contribution in [0.4, 0.5) is 5.69 Å². The van der Waals surface area contributed by atoms with Gasteiger partial charge in [-0.2, -0.15) is 0 Å². The van der Waals surface area contributed by atoms with E-state index in [0.717, 1.165) is 10.0 Å². The fourth-order valence-corrected chi connectivity index (χ4v) is 2.42. The molecule has 5 heteroatoms. The van der Waals surface area contributed by atoms with Gasteiger partial charge in [0.15, 0.2) is 0 Å². The van der Waals surface area contributed by atoms with Crippen LogP contribution in [0.2, 0.25) is 0 Å². The molecule has 4 nitrogen and oxygen atoms in total. The van der Waals surface area contributed by atoms with E-state index in [1.165, 1.54) is 0 Å². The van der Waals surface area contributed by atoms with Crippen LogP contribution in [0.25, 0.3) is 0 Å². The predicted molar refractivity (Wildman–Crippen MR) is 81.5 cm³/mol. The predicted octanol–water partition coefficient (Wildman–Crippen LogP) is 3.08. The summed E-state index contributed by atoms with van der Waals surface area (Å²) in [4.78, 5) is 12.0. The molecule has 0 bridgehead atoms. The SMILES string of the molecule is COc1cc(Br)cc(C)c1NC(=O)C(N)CC(C)C. The van der Waals surface area contributed by atoms with Crippen molar-refractivity contribution in [3.63, 3.8) is 0 Å². The van der Waals surface area contributed by atoms with Gasteiger partial charge >= 0.3 is 0 Å². The van der Waals surface area contributed by atoms with Crippen molar-refractivity contribution in [2.24, 2.45) is 11.7 Å². The number of anilines is 1. The van der Waals surface area contributed by atoms with E-state index in [0.29, 0.717) is 23.8 Å². The Hall–Kier alpha value is -1.07. The molecule has 1 unspecified atom stereocenters. The molecular formula is C14H21BrN2O2. The Bertz CT molecular complexity index is 461. The summed E-state index contributed by atoms with van der Waals surface area (Å²) in [6, 6.07) is 3.23. The third-order valence-electron chi connectivity index (χ3n) is 2.79. The molecule has 0 spiro atoms. The Kier molecular flexibility index (Phi) is 5.82. The number of hydrogen-bond donors (Lipinski definition) is 2. The average molecular weight is 329 g/mol. The van der Waals surface area contributed by atoms with E-state index in [4.69, 9.17) is 10.5 Å². The molecule has 0 aliphatic heterocycles. The summed E-state index contributed by atoms with van der Waals surface area (Å²) in [5.74, 6) is 0.822. The van der Waals surface area contributed by atoms with Crippen LogP contribution in [0.1, 0.15) is 25.8 Å². The first-order chi connectivity index (χ1) is 8.85. The maximum atomic E-state index is 12.0. The highest BCUT2D eigenvalue weighted by Crippen LogP contribution is 2.32. The van der Waals surface area contributed by atoms with Gasteiger partial charge in [0.25, 0.3) is 0 Å². The van der Waals surface area contributed by atoms with E-state index in [2.05, 4.69) is 21.2 Å². The zero-order chi connectivity index (χ0) is 14.6. The highest BCUT2D eigenvalue weighted by molar-refractivity contribution is 9.10. The van der Waals surface area contributed by atoms with Gasteiger partial charge in [0, 0.05) is 4.47 Å². The lowest BCUT2D eigenvalue weighted by Gasteiger charge is -2.17. The quantitative estimate of drug-likeness (QED) is 0.872. The lowest BCUT2D eigenvalue weighted by Crippen LogP contribution is -2.36. The number of aryl methyl sites for hydroxylation is 1. The first-order valence-electron chi connectivity index (χ1n) is 6.25. The van der Waals surface area contributed by atoms with Gasteiger partial charge in [-0.3, -0.25) is 4.79 Å². The molecule has 1 rings (SSSR count). The zero-order valence-corrected chi connectivity index (χ0v) is 13.4. The molecule has 3 N–H and O–H groups in total. The number of ether oxygens (including phenoxy) is 1. The summed E-state index contributed by atoms with van der Waals surface area (Å²) in [6.45, 7) is 5.99. The second-order valence-electron chi connectivity index (χ2n) is 5.03. The lowest BCUT2D eigenvalue weighted by atomic mass is 10.0. The minimum atomic E-state index is -0.507. The molecule has 1 aromatic rings. The normalized spacial score (nSPS) is 12.4. The van der Waals surface area contributed by atoms with Crippen LogP contribution in [0.3, 0.4) is 0 Å². The number of carbonyl (C=O) groups excluding carboxylic acids is 1. The third kappa shape index (κ3) is 4.51. The highest BCUT2D eigenvalue weighted by Gasteiger charge is 2.18. The number of nitrogens with two attached hydrogens (primary N) is 1. The van der Waals surface area contributed by atoms with Crippen LogP contribution < -0.4 is 15.8 Å². The summed E-state index contributed by atoms with van der Waals surface area (Å²) in [7, 11) is 1.57. The fraction of sp³-hybridized carbons (Fsp3) is 0.500. The van der Waals surface area contributed by atoms with Crippen LogP contribution in [-0.4, -0.2) is 19.1 Å². The summed E-state index contributed by atoms with van der Waals surface area (Å²) < 4.78 is 6.19. The van der Waals surface area contributed by atoms with Gasteiger partial charge in [0.2, 0.25) is 5.91 Å². The van der Waals surface area contributed by atoms with Crippen molar-refractivity contribution in [3.05, 3.63) is 22.2 Å².